The fraction of sp³-hybridized carbons (Fsp3) is 0.412. The Bertz CT molecular complexity index is 742. The Balaban J connectivity index is 2.51. The number of carbonyl (C=O) groups is 1. The average molecular weight is 347 g/mol. The van der Waals surface area contributed by atoms with Gasteiger partial charge in [0.1, 0.15) is 5.76 Å². The van der Waals surface area contributed by atoms with E-state index < -0.39 is 17.0 Å². The van der Waals surface area contributed by atoms with Gasteiger partial charge in [0, 0.05) is 19.2 Å². The third kappa shape index (κ3) is 3.96. The van der Waals surface area contributed by atoms with Gasteiger partial charge in [-0.05, 0) is 25.8 Å². The molecule has 0 saturated heterocycles. The molecule has 134 valence electrons. The van der Waals surface area contributed by atoms with Crippen molar-refractivity contribution < 1.29 is 19.2 Å². The van der Waals surface area contributed by atoms with E-state index in [1.54, 1.807) is 38.0 Å². The van der Waals surface area contributed by atoms with Gasteiger partial charge in [-0.1, -0.05) is 19.1 Å². The Morgan fingerprint density at radius 1 is 1.40 bits per heavy atom. The van der Waals surface area contributed by atoms with Crippen LogP contribution in [0.1, 0.15) is 38.7 Å². The number of benzene rings is 1. The van der Waals surface area contributed by atoms with Gasteiger partial charge in [0.05, 0.1) is 28.9 Å². The van der Waals surface area contributed by atoms with Gasteiger partial charge in [-0.15, -0.1) is 0 Å². The lowest BCUT2D eigenvalue weighted by Crippen LogP contribution is -2.29. The summed E-state index contributed by atoms with van der Waals surface area (Å²) in [7, 11) is 1.75. The summed E-state index contributed by atoms with van der Waals surface area (Å²) >= 11 is 0. The highest BCUT2D eigenvalue weighted by atomic mass is 16.7. The summed E-state index contributed by atoms with van der Waals surface area (Å²) in [5.41, 5.74) is 2.00. The van der Waals surface area contributed by atoms with Gasteiger partial charge in [0.15, 0.2) is 0 Å². The van der Waals surface area contributed by atoms with E-state index in [0.717, 1.165) is 5.71 Å². The van der Waals surface area contributed by atoms with Gasteiger partial charge in [-0.25, -0.2) is 4.79 Å². The van der Waals surface area contributed by atoms with E-state index in [0.29, 0.717) is 23.4 Å². The SMILES string of the molecule is CCOC(=O)OC1=C(C)N(C)N=C(CC)C1c1cccc([N+](=O)[O-])c1. The normalized spacial score (nSPS) is 17.2. The third-order valence-electron chi connectivity index (χ3n) is 3.95. The molecule has 0 spiro atoms. The van der Waals surface area contributed by atoms with Crippen molar-refractivity contribution in [2.24, 2.45) is 5.10 Å². The molecule has 1 unspecified atom stereocenters. The predicted octanol–water partition coefficient (Wildman–Crippen LogP) is 3.79. The molecule has 1 atom stereocenters. The van der Waals surface area contributed by atoms with E-state index in [2.05, 4.69) is 5.10 Å². The number of non-ortho nitro benzene ring substituents is 1. The fourth-order valence-electron chi connectivity index (χ4n) is 2.65. The van der Waals surface area contributed by atoms with Crippen LogP contribution in [-0.4, -0.2) is 35.5 Å². The van der Waals surface area contributed by atoms with Crippen LogP contribution in [-0.2, 0) is 9.47 Å². The summed E-state index contributed by atoms with van der Waals surface area (Å²) < 4.78 is 10.3. The van der Waals surface area contributed by atoms with Crippen molar-refractivity contribution in [3.8, 4) is 0 Å². The predicted molar refractivity (Wildman–Crippen MR) is 92.1 cm³/mol. The maximum Gasteiger partial charge on any atom is 0.513 e. The Kier molecular flexibility index (Phi) is 5.74. The number of rotatable bonds is 5. The first-order valence-corrected chi connectivity index (χ1v) is 7.99. The molecule has 0 aliphatic carbocycles. The molecule has 1 aromatic rings. The van der Waals surface area contributed by atoms with E-state index in [-0.39, 0.29) is 12.3 Å². The molecule has 0 radical (unpaired) electrons. The monoisotopic (exact) mass is 347 g/mol. The van der Waals surface area contributed by atoms with Crippen molar-refractivity contribution in [3.63, 3.8) is 0 Å². The van der Waals surface area contributed by atoms with Crippen LogP contribution in [0.5, 0.6) is 0 Å². The smallest absolute Gasteiger partial charge is 0.434 e. The fourth-order valence-corrected chi connectivity index (χ4v) is 2.65. The molecule has 8 heteroatoms. The minimum atomic E-state index is -0.807. The number of allylic oxidation sites excluding steroid dienone is 2. The minimum absolute atomic E-state index is 0.0278. The molecule has 1 aliphatic rings. The van der Waals surface area contributed by atoms with Crippen molar-refractivity contribution in [3.05, 3.63) is 51.4 Å². The average Bonchev–Trinajstić information content (AvgIpc) is 2.59. The summed E-state index contributed by atoms with van der Waals surface area (Å²) in [5, 5.41) is 17.2. The molecule has 1 heterocycles. The Labute approximate surface area is 145 Å². The lowest BCUT2D eigenvalue weighted by Gasteiger charge is -2.31. The second-order valence-electron chi connectivity index (χ2n) is 5.49. The van der Waals surface area contributed by atoms with Crippen LogP contribution in [0.3, 0.4) is 0 Å². The van der Waals surface area contributed by atoms with E-state index in [1.165, 1.54) is 12.1 Å². The zero-order valence-electron chi connectivity index (χ0n) is 14.7. The van der Waals surface area contributed by atoms with Crippen molar-refractivity contribution in [2.45, 2.75) is 33.1 Å². The zero-order chi connectivity index (χ0) is 18.6. The summed E-state index contributed by atoms with van der Waals surface area (Å²) in [6.07, 6.45) is -0.209. The molecular weight excluding hydrogens is 326 g/mol. The van der Waals surface area contributed by atoms with Crippen molar-refractivity contribution in [1.82, 2.24) is 5.01 Å². The number of ether oxygens (including phenoxy) is 2. The van der Waals surface area contributed by atoms with Crippen LogP contribution in [0.25, 0.3) is 0 Å². The number of hydrazone groups is 1. The van der Waals surface area contributed by atoms with E-state index in [9.17, 15) is 14.9 Å². The molecule has 25 heavy (non-hydrogen) atoms. The van der Waals surface area contributed by atoms with Crippen LogP contribution in [0.2, 0.25) is 0 Å². The highest BCUT2D eigenvalue weighted by Gasteiger charge is 2.33. The first-order chi connectivity index (χ1) is 11.9. The van der Waals surface area contributed by atoms with Gasteiger partial charge < -0.3 is 9.47 Å². The molecule has 0 amide bonds. The maximum absolute atomic E-state index is 11.9. The number of hydrogen-bond donors (Lipinski definition) is 0. The van der Waals surface area contributed by atoms with Crippen molar-refractivity contribution in [1.29, 1.82) is 0 Å². The number of hydrogen-bond acceptors (Lipinski definition) is 7. The van der Waals surface area contributed by atoms with Crippen LogP contribution < -0.4 is 0 Å². The first-order valence-electron chi connectivity index (χ1n) is 7.99. The molecule has 8 nitrogen and oxygen atoms in total. The molecule has 0 bridgehead atoms. The van der Waals surface area contributed by atoms with Crippen LogP contribution in [0, 0.1) is 10.1 Å². The summed E-state index contributed by atoms with van der Waals surface area (Å²) in [4.78, 5) is 22.5. The number of nitro groups is 1. The molecule has 0 N–H and O–H groups in total. The highest BCUT2D eigenvalue weighted by Crippen LogP contribution is 2.36. The molecule has 0 fully saturated rings. The highest BCUT2D eigenvalue weighted by molar-refractivity contribution is 5.94. The maximum atomic E-state index is 11.9. The zero-order valence-corrected chi connectivity index (χ0v) is 14.7. The lowest BCUT2D eigenvalue weighted by molar-refractivity contribution is -0.384. The Morgan fingerprint density at radius 2 is 2.12 bits per heavy atom. The molecular formula is C17H21N3O5. The van der Waals surface area contributed by atoms with Crippen molar-refractivity contribution in [2.75, 3.05) is 13.7 Å². The molecule has 1 aliphatic heterocycles. The van der Waals surface area contributed by atoms with Crippen LogP contribution in [0.15, 0.2) is 40.8 Å². The van der Waals surface area contributed by atoms with E-state index >= 15 is 0 Å². The van der Waals surface area contributed by atoms with Crippen molar-refractivity contribution >= 4 is 17.6 Å². The minimum Gasteiger partial charge on any atom is -0.434 e. The van der Waals surface area contributed by atoms with E-state index in [4.69, 9.17) is 9.47 Å². The van der Waals surface area contributed by atoms with Gasteiger partial charge in [-0.3, -0.25) is 15.1 Å². The third-order valence-corrected chi connectivity index (χ3v) is 3.95. The largest absolute Gasteiger partial charge is 0.513 e. The number of nitro benzene ring substituents is 1. The first kappa shape index (κ1) is 18.4. The van der Waals surface area contributed by atoms with E-state index in [1.807, 2.05) is 6.92 Å². The standard InChI is InChI=1S/C17H21N3O5/c1-5-14-15(12-8-7-9-13(10-12)20(22)23)16(11(3)19(4)18-14)25-17(21)24-6-2/h7-10,15H,5-6H2,1-4H3. The summed E-state index contributed by atoms with van der Waals surface area (Å²) in [6.45, 7) is 5.58. The number of nitrogens with zero attached hydrogens (tertiary/aromatic N) is 3. The number of carbonyl (C=O) groups excluding carboxylic acids is 1. The van der Waals surface area contributed by atoms with Gasteiger partial charge in [-0.2, -0.15) is 5.10 Å². The quantitative estimate of drug-likeness (QED) is 0.457. The Hall–Kier alpha value is -2.90. The second-order valence-corrected chi connectivity index (χ2v) is 5.49. The molecule has 2 rings (SSSR count). The van der Waals surface area contributed by atoms with Crippen LogP contribution >= 0.6 is 0 Å². The van der Waals surface area contributed by atoms with Gasteiger partial charge in [0.2, 0.25) is 0 Å². The summed E-state index contributed by atoms with van der Waals surface area (Å²) in [6, 6.07) is 6.26. The van der Waals surface area contributed by atoms with Crippen LogP contribution in [0.4, 0.5) is 10.5 Å². The second kappa shape index (κ2) is 7.78. The molecule has 1 aromatic carbocycles. The topological polar surface area (TPSA) is 94.3 Å². The van der Waals surface area contributed by atoms with Gasteiger partial charge in [0.25, 0.3) is 5.69 Å². The van der Waals surface area contributed by atoms with Gasteiger partial charge >= 0.3 is 6.16 Å². The molecule has 0 saturated carbocycles. The summed E-state index contributed by atoms with van der Waals surface area (Å²) in [5.74, 6) is -0.112. The lowest BCUT2D eigenvalue weighted by atomic mass is 9.88. The molecule has 0 aromatic heterocycles. The Morgan fingerprint density at radius 3 is 2.72 bits per heavy atom.